The van der Waals surface area contributed by atoms with Crippen LogP contribution < -0.4 is 5.73 Å². The molecule has 18 heavy (non-hydrogen) atoms. The van der Waals surface area contributed by atoms with Crippen molar-refractivity contribution in [2.24, 2.45) is 5.73 Å². The van der Waals surface area contributed by atoms with Crippen molar-refractivity contribution in [2.45, 2.75) is 6.04 Å². The molecule has 0 aliphatic carbocycles. The van der Waals surface area contributed by atoms with Gasteiger partial charge in [0.15, 0.2) is 0 Å². The molecule has 1 saturated heterocycles. The lowest BCUT2D eigenvalue weighted by Crippen LogP contribution is -2.46. The Morgan fingerprint density at radius 2 is 1.89 bits per heavy atom. The van der Waals surface area contributed by atoms with Crippen molar-refractivity contribution < 1.29 is 8.78 Å². The number of nitrogens with zero attached hydrogens (tertiary/aromatic N) is 2. The first-order valence-electron chi connectivity index (χ1n) is 6.17. The minimum atomic E-state index is -0.482. The first kappa shape index (κ1) is 13.4. The Kier molecular flexibility index (Phi) is 4.27. The fourth-order valence-electron chi connectivity index (χ4n) is 2.21. The van der Waals surface area contributed by atoms with Crippen molar-refractivity contribution in [2.75, 3.05) is 39.8 Å². The molecule has 1 aliphatic heterocycles. The molecule has 1 aromatic carbocycles. The molecule has 0 saturated carbocycles. The lowest BCUT2D eigenvalue weighted by atomic mass is 10.1. The average Bonchev–Trinajstić information content (AvgIpc) is 2.35. The Morgan fingerprint density at radius 3 is 2.56 bits per heavy atom. The van der Waals surface area contributed by atoms with Gasteiger partial charge in [-0.2, -0.15) is 0 Å². The monoisotopic (exact) mass is 255 g/mol. The molecule has 100 valence electrons. The fourth-order valence-corrected chi connectivity index (χ4v) is 2.21. The Balaban J connectivity index is 1.98. The highest BCUT2D eigenvalue weighted by molar-refractivity contribution is 5.22. The molecule has 1 fully saturated rings. The molecule has 0 aromatic heterocycles. The molecule has 0 bridgehead atoms. The van der Waals surface area contributed by atoms with Crippen LogP contribution in [0.25, 0.3) is 0 Å². The summed E-state index contributed by atoms with van der Waals surface area (Å²) >= 11 is 0. The van der Waals surface area contributed by atoms with Crippen LogP contribution in [0.4, 0.5) is 8.78 Å². The van der Waals surface area contributed by atoms with Crippen molar-refractivity contribution >= 4 is 0 Å². The average molecular weight is 255 g/mol. The van der Waals surface area contributed by atoms with Gasteiger partial charge in [0, 0.05) is 44.3 Å². The van der Waals surface area contributed by atoms with Crippen LogP contribution >= 0.6 is 0 Å². The molecule has 1 aliphatic rings. The van der Waals surface area contributed by atoms with Crippen LogP contribution in [0.1, 0.15) is 11.6 Å². The van der Waals surface area contributed by atoms with Crippen LogP contribution in [-0.4, -0.2) is 49.6 Å². The molecule has 1 unspecified atom stereocenters. The quantitative estimate of drug-likeness (QED) is 0.881. The van der Waals surface area contributed by atoms with Gasteiger partial charge >= 0.3 is 0 Å². The molecule has 0 radical (unpaired) electrons. The zero-order chi connectivity index (χ0) is 13.1. The molecule has 1 heterocycles. The van der Waals surface area contributed by atoms with Gasteiger partial charge in [0.05, 0.1) is 0 Å². The lowest BCUT2D eigenvalue weighted by Gasteiger charge is -2.33. The van der Waals surface area contributed by atoms with Gasteiger partial charge in [-0.3, -0.25) is 4.90 Å². The second kappa shape index (κ2) is 5.73. The van der Waals surface area contributed by atoms with E-state index in [2.05, 4.69) is 16.8 Å². The number of halogens is 2. The smallest absolute Gasteiger partial charge is 0.128 e. The highest BCUT2D eigenvalue weighted by Gasteiger charge is 2.19. The molecule has 2 N–H and O–H groups in total. The number of nitrogens with two attached hydrogens (primary N) is 1. The summed E-state index contributed by atoms with van der Waals surface area (Å²) in [5.74, 6) is -0.877. The lowest BCUT2D eigenvalue weighted by molar-refractivity contribution is 0.147. The third-order valence-electron chi connectivity index (χ3n) is 3.41. The molecule has 3 nitrogen and oxygen atoms in total. The van der Waals surface area contributed by atoms with Gasteiger partial charge in [-0.15, -0.1) is 0 Å². The zero-order valence-electron chi connectivity index (χ0n) is 10.6. The number of hydrogen-bond acceptors (Lipinski definition) is 3. The molecular weight excluding hydrogens is 236 g/mol. The summed E-state index contributed by atoms with van der Waals surface area (Å²) in [6, 6.07) is 2.95. The van der Waals surface area contributed by atoms with Gasteiger partial charge in [0.1, 0.15) is 11.6 Å². The second-order valence-electron chi connectivity index (χ2n) is 4.88. The van der Waals surface area contributed by atoms with Gasteiger partial charge in [-0.05, 0) is 25.2 Å². The molecule has 2 rings (SSSR count). The van der Waals surface area contributed by atoms with Crippen molar-refractivity contribution in [3.05, 3.63) is 35.4 Å². The molecule has 1 atom stereocenters. The predicted molar refractivity (Wildman–Crippen MR) is 67.2 cm³/mol. The zero-order valence-corrected chi connectivity index (χ0v) is 10.6. The van der Waals surface area contributed by atoms with Crippen molar-refractivity contribution in [3.63, 3.8) is 0 Å². The molecule has 0 spiro atoms. The number of piperazine rings is 1. The molecule has 1 aromatic rings. The predicted octanol–water partition coefficient (Wildman–Crippen LogP) is 1.21. The SMILES string of the molecule is CN1CCN(CC(N)c2cc(F)ccc2F)CC1. The van der Waals surface area contributed by atoms with E-state index < -0.39 is 17.7 Å². The van der Waals surface area contributed by atoms with E-state index in [1.165, 1.54) is 6.07 Å². The first-order chi connectivity index (χ1) is 8.56. The largest absolute Gasteiger partial charge is 0.323 e. The van der Waals surface area contributed by atoms with Crippen LogP contribution in [0.5, 0.6) is 0 Å². The number of benzene rings is 1. The Labute approximate surface area is 106 Å². The maximum atomic E-state index is 13.6. The summed E-state index contributed by atoms with van der Waals surface area (Å²) in [5.41, 5.74) is 6.23. The normalized spacial score (nSPS) is 20.0. The van der Waals surface area contributed by atoms with Gasteiger partial charge in [-0.25, -0.2) is 8.78 Å². The fraction of sp³-hybridized carbons (Fsp3) is 0.538. The minimum Gasteiger partial charge on any atom is -0.323 e. The number of hydrogen-bond donors (Lipinski definition) is 1. The second-order valence-corrected chi connectivity index (χ2v) is 4.88. The van der Waals surface area contributed by atoms with E-state index in [1.807, 2.05) is 0 Å². The van der Waals surface area contributed by atoms with E-state index in [1.54, 1.807) is 0 Å². The van der Waals surface area contributed by atoms with Crippen LogP contribution in [0.3, 0.4) is 0 Å². The van der Waals surface area contributed by atoms with Gasteiger partial charge in [-0.1, -0.05) is 0 Å². The summed E-state index contributed by atoms with van der Waals surface area (Å²) in [6.45, 7) is 4.37. The van der Waals surface area contributed by atoms with E-state index in [0.29, 0.717) is 6.54 Å². The number of rotatable bonds is 3. The summed E-state index contributed by atoms with van der Waals surface area (Å²) in [6.07, 6.45) is 0. The summed E-state index contributed by atoms with van der Waals surface area (Å²) in [5, 5.41) is 0. The Bertz CT molecular complexity index is 403. The van der Waals surface area contributed by atoms with E-state index in [0.717, 1.165) is 38.3 Å². The third-order valence-corrected chi connectivity index (χ3v) is 3.41. The minimum absolute atomic E-state index is 0.258. The van der Waals surface area contributed by atoms with Crippen LogP contribution in [0.15, 0.2) is 18.2 Å². The summed E-state index contributed by atoms with van der Waals surface area (Å²) in [7, 11) is 2.07. The summed E-state index contributed by atoms with van der Waals surface area (Å²) < 4.78 is 26.7. The van der Waals surface area contributed by atoms with E-state index in [9.17, 15) is 8.78 Å². The van der Waals surface area contributed by atoms with E-state index in [4.69, 9.17) is 5.73 Å². The molecule has 5 heteroatoms. The van der Waals surface area contributed by atoms with Crippen LogP contribution in [0, 0.1) is 11.6 Å². The maximum Gasteiger partial charge on any atom is 0.128 e. The van der Waals surface area contributed by atoms with Crippen LogP contribution in [0.2, 0.25) is 0 Å². The van der Waals surface area contributed by atoms with Crippen LogP contribution in [-0.2, 0) is 0 Å². The highest BCUT2D eigenvalue weighted by Crippen LogP contribution is 2.18. The molecule has 0 amide bonds. The van der Waals surface area contributed by atoms with Crippen molar-refractivity contribution in [1.82, 2.24) is 9.80 Å². The van der Waals surface area contributed by atoms with Gasteiger partial charge in [0.2, 0.25) is 0 Å². The van der Waals surface area contributed by atoms with Gasteiger partial charge < -0.3 is 10.6 Å². The van der Waals surface area contributed by atoms with E-state index in [-0.39, 0.29) is 5.56 Å². The first-order valence-corrected chi connectivity index (χ1v) is 6.17. The third kappa shape index (κ3) is 3.25. The standard InChI is InChI=1S/C13H19F2N3/c1-17-4-6-18(7-5-17)9-13(16)11-8-10(14)2-3-12(11)15/h2-3,8,13H,4-7,9,16H2,1H3. The topological polar surface area (TPSA) is 32.5 Å². The maximum absolute atomic E-state index is 13.6. The van der Waals surface area contributed by atoms with Crippen molar-refractivity contribution in [1.29, 1.82) is 0 Å². The summed E-state index contributed by atoms with van der Waals surface area (Å²) in [4.78, 5) is 4.43. The Hall–Kier alpha value is -1.04. The van der Waals surface area contributed by atoms with Gasteiger partial charge in [0.25, 0.3) is 0 Å². The van der Waals surface area contributed by atoms with Crippen molar-refractivity contribution in [3.8, 4) is 0 Å². The highest BCUT2D eigenvalue weighted by atomic mass is 19.1. The molecular formula is C13H19F2N3. The Morgan fingerprint density at radius 1 is 1.22 bits per heavy atom. The van der Waals surface area contributed by atoms with E-state index >= 15 is 0 Å². The number of likely N-dealkylation sites (N-methyl/N-ethyl adjacent to an activating group) is 1.